The van der Waals surface area contributed by atoms with Crippen molar-refractivity contribution in [2.75, 3.05) is 7.11 Å². The monoisotopic (exact) mass is 240 g/mol. The summed E-state index contributed by atoms with van der Waals surface area (Å²) in [7, 11) is 1.40. The van der Waals surface area contributed by atoms with Crippen molar-refractivity contribution in [2.24, 2.45) is 5.16 Å². The van der Waals surface area contributed by atoms with Crippen LogP contribution in [0.1, 0.15) is 5.56 Å². The van der Waals surface area contributed by atoms with E-state index in [0.717, 1.165) is 6.20 Å². The van der Waals surface area contributed by atoms with Gasteiger partial charge in [0.25, 0.3) is 0 Å². The van der Waals surface area contributed by atoms with Gasteiger partial charge in [-0.1, -0.05) is 23.3 Å². The van der Waals surface area contributed by atoms with Gasteiger partial charge in [-0.25, -0.2) is 4.39 Å². The van der Waals surface area contributed by atoms with E-state index in [1.165, 1.54) is 25.4 Å². The van der Waals surface area contributed by atoms with Crippen molar-refractivity contribution in [1.29, 1.82) is 0 Å². The van der Waals surface area contributed by atoms with E-state index in [1.54, 1.807) is 6.08 Å². The molecule has 0 radical (unpaired) electrons. The molecule has 5 heteroatoms. The molecule has 0 amide bonds. The van der Waals surface area contributed by atoms with E-state index < -0.39 is 5.82 Å². The maximum Gasteiger partial charge on any atom is 0.142 e. The van der Waals surface area contributed by atoms with Crippen LogP contribution in [0.25, 0.3) is 0 Å². The fourth-order valence-electron chi connectivity index (χ4n) is 0.999. The van der Waals surface area contributed by atoms with Gasteiger partial charge in [0.1, 0.15) is 18.6 Å². The maximum atomic E-state index is 12.9. The molecule has 0 saturated carbocycles. The van der Waals surface area contributed by atoms with Gasteiger partial charge in [-0.05, 0) is 18.2 Å². The molecule has 84 valence electrons. The van der Waals surface area contributed by atoms with Gasteiger partial charge in [-0.15, -0.1) is 0 Å². The smallest absolute Gasteiger partial charge is 0.142 e. The number of nitrogens with zero attached hydrogens (tertiary/aromatic N) is 2. The van der Waals surface area contributed by atoms with Crippen LogP contribution in [0.3, 0.4) is 0 Å². The van der Waals surface area contributed by atoms with Gasteiger partial charge in [0.05, 0.1) is 6.20 Å². The van der Waals surface area contributed by atoms with E-state index in [-0.39, 0.29) is 0 Å². The lowest BCUT2D eigenvalue weighted by Gasteiger charge is -2.00. The van der Waals surface area contributed by atoms with Crippen molar-refractivity contribution >= 4 is 17.3 Å². The fourth-order valence-corrected chi connectivity index (χ4v) is 1.06. The highest BCUT2D eigenvalue weighted by atomic mass is 35.5. The third-order valence-corrected chi connectivity index (χ3v) is 1.74. The summed E-state index contributed by atoms with van der Waals surface area (Å²) in [4.78, 5) is 8.36. The molecule has 1 aromatic rings. The highest BCUT2D eigenvalue weighted by Crippen LogP contribution is 2.06. The zero-order chi connectivity index (χ0) is 12.0. The van der Waals surface area contributed by atoms with Crippen LogP contribution in [-0.2, 0) is 4.84 Å². The van der Waals surface area contributed by atoms with E-state index >= 15 is 0 Å². The summed E-state index contributed by atoms with van der Waals surface area (Å²) >= 11 is 5.57. The highest BCUT2D eigenvalue weighted by Gasteiger charge is 2.02. The Morgan fingerprint density at radius 1 is 1.56 bits per heavy atom. The van der Waals surface area contributed by atoms with E-state index in [9.17, 15) is 4.39 Å². The number of halogens is 2. The Labute approximate surface area is 97.9 Å². The normalized spacial score (nSPS) is 11.8. The first-order chi connectivity index (χ1) is 7.63. The van der Waals surface area contributed by atoms with Crippen LogP contribution in [0.4, 0.5) is 4.39 Å². The van der Waals surface area contributed by atoms with Crippen molar-refractivity contribution in [3.8, 4) is 0 Å². The zero-order valence-corrected chi connectivity index (χ0v) is 9.41. The molecule has 0 fully saturated rings. The molecule has 0 unspecified atom stereocenters. The second kappa shape index (κ2) is 6.02. The maximum absolute atomic E-state index is 12.9. The van der Waals surface area contributed by atoms with Crippen molar-refractivity contribution in [2.45, 2.75) is 0 Å². The van der Waals surface area contributed by atoms with Gasteiger partial charge < -0.3 is 4.84 Å². The minimum absolute atomic E-state index is 0.341. The van der Waals surface area contributed by atoms with Gasteiger partial charge >= 0.3 is 0 Å². The number of hydrogen-bond donors (Lipinski definition) is 0. The summed E-state index contributed by atoms with van der Waals surface area (Å²) in [5.41, 5.74) is 0.910. The first kappa shape index (κ1) is 12.4. The summed E-state index contributed by atoms with van der Waals surface area (Å²) in [6, 6.07) is 1.30. The van der Waals surface area contributed by atoms with Crippen LogP contribution in [-0.4, -0.2) is 17.8 Å². The Balaban J connectivity index is 3.04. The van der Waals surface area contributed by atoms with Crippen LogP contribution in [0.5, 0.6) is 0 Å². The minimum Gasteiger partial charge on any atom is -0.399 e. The highest BCUT2D eigenvalue weighted by molar-refractivity contribution is 6.31. The molecule has 3 nitrogen and oxygen atoms in total. The molecule has 0 atom stereocenters. The van der Waals surface area contributed by atoms with Gasteiger partial charge in [0.2, 0.25) is 0 Å². The van der Waals surface area contributed by atoms with Crippen LogP contribution in [0.15, 0.2) is 47.4 Å². The molecule has 0 aliphatic rings. The van der Waals surface area contributed by atoms with Crippen LogP contribution < -0.4 is 0 Å². The minimum atomic E-state index is -0.445. The molecule has 1 heterocycles. The number of aromatic nitrogens is 1. The average Bonchev–Trinajstić information content (AvgIpc) is 2.24. The molecule has 0 bridgehead atoms. The van der Waals surface area contributed by atoms with Gasteiger partial charge in [0, 0.05) is 16.8 Å². The fraction of sp³-hybridized carbons (Fsp3) is 0.0909. The Morgan fingerprint density at radius 2 is 2.31 bits per heavy atom. The third kappa shape index (κ3) is 3.82. The lowest BCUT2D eigenvalue weighted by molar-refractivity contribution is 0.214. The molecular weight excluding hydrogens is 231 g/mol. The van der Waals surface area contributed by atoms with E-state index in [0.29, 0.717) is 16.3 Å². The van der Waals surface area contributed by atoms with Crippen LogP contribution in [0, 0.1) is 5.82 Å². The summed E-state index contributed by atoms with van der Waals surface area (Å²) < 4.78 is 12.9. The topological polar surface area (TPSA) is 34.5 Å². The number of hydrogen-bond acceptors (Lipinski definition) is 3. The summed E-state index contributed by atoms with van der Waals surface area (Å²) in [5.74, 6) is -0.445. The molecule has 0 aliphatic carbocycles. The van der Waals surface area contributed by atoms with Crippen molar-refractivity contribution in [3.63, 3.8) is 0 Å². The molecule has 0 saturated heterocycles. The van der Waals surface area contributed by atoms with Crippen molar-refractivity contribution in [3.05, 3.63) is 53.6 Å². The molecule has 1 rings (SSSR count). The number of oxime groups is 1. The predicted octanol–water partition coefficient (Wildman–Crippen LogP) is 2.88. The SMILES string of the molecule is C=C(Cl)/C=C\C(=N\OC)c1cncc(F)c1. The number of allylic oxidation sites excluding steroid dienone is 3. The first-order valence-electron chi connectivity index (χ1n) is 4.38. The van der Waals surface area contributed by atoms with E-state index in [4.69, 9.17) is 11.6 Å². The van der Waals surface area contributed by atoms with Crippen LogP contribution >= 0.6 is 11.6 Å². The van der Waals surface area contributed by atoms with E-state index in [1.807, 2.05) is 0 Å². The molecule has 0 N–H and O–H groups in total. The van der Waals surface area contributed by atoms with Gasteiger partial charge in [0.15, 0.2) is 0 Å². The lowest BCUT2D eigenvalue weighted by Crippen LogP contribution is -1.99. The largest absolute Gasteiger partial charge is 0.399 e. The van der Waals surface area contributed by atoms with Crippen LogP contribution in [0.2, 0.25) is 0 Å². The summed E-state index contributed by atoms with van der Waals surface area (Å²) in [6.45, 7) is 3.49. The second-order valence-corrected chi connectivity index (χ2v) is 3.32. The summed E-state index contributed by atoms with van der Waals surface area (Å²) in [6.07, 6.45) is 5.68. The zero-order valence-electron chi connectivity index (χ0n) is 8.65. The molecule has 0 spiro atoms. The predicted molar refractivity (Wildman–Crippen MR) is 61.9 cm³/mol. The molecular formula is C11H10ClFN2O. The van der Waals surface area contributed by atoms with Gasteiger partial charge in [-0.3, -0.25) is 4.98 Å². The lowest BCUT2D eigenvalue weighted by atomic mass is 10.1. The summed E-state index contributed by atoms with van der Waals surface area (Å²) in [5, 5.41) is 4.07. The Bertz CT molecular complexity index is 443. The third-order valence-electron chi connectivity index (χ3n) is 1.61. The average molecular weight is 241 g/mol. The van der Waals surface area contributed by atoms with Crippen molar-refractivity contribution in [1.82, 2.24) is 4.98 Å². The number of rotatable bonds is 4. The second-order valence-electron chi connectivity index (χ2n) is 2.83. The van der Waals surface area contributed by atoms with E-state index in [2.05, 4.69) is 21.6 Å². The first-order valence-corrected chi connectivity index (χ1v) is 4.76. The number of pyridine rings is 1. The molecule has 1 aromatic heterocycles. The Morgan fingerprint density at radius 3 is 2.88 bits per heavy atom. The quantitative estimate of drug-likeness (QED) is 0.461. The molecule has 0 aliphatic heterocycles. The standard InChI is InChI=1S/C11H10ClFN2O/c1-8(12)3-4-11(15-16-2)9-5-10(13)7-14-6-9/h3-7H,1H2,2H3/b4-3-,15-11-. The van der Waals surface area contributed by atoms with Crippen molar-refractivity contribution < 1.29 is 9.23 Å². The molecule has 0 aromatic carbocycles. The van der Waals surface area contributed by atoms with Gasteiger partial charge in [-0.2, -0.15) is 0 Å². The molecule has 16 heavy (non-hydrogen) atoms. The Kier molecular flexibility index (Phi) is 4.66. The Hall–Kier alpha value is -1.68.